The zero-order valence-corrected chi connectivity index (χ0v) is 13.5. The highest BCUT2D eigenvalue weighted by Crippen LogP contribution is 2.07. The molecule has 1 aromatic carbocycles. The topological polar surface area (TPSA) is 79.2 Å². The zero-order chi connectivity index (χ0) is 16.5. The van der Waals surface area contributed by atoms with Crippen LogP contribution >= 0.6 is 0 Å². The van der Waals surface area contributed by atoms with Gasteiger partial charge in [-0.2, -0.15) is 0 Å². The molecule has 0 aliphatic carbocycles. The number of unbranched alkanes of at least 4 members (excludes halogenated alkanes) is 1. The lowest BCUT2D eigenvalue weighted by atomic mass is 10.1. The molecule has 2 aromatic rings. The minimum atomic E-state index is -0.184. The Morgan fingerprint density at radius 1 is 1.22 bits per heavy atom. The fourth-order valence-electron chi connectivity index (χ4n) is 2.37. The van der Waals surface area contributed by atoms with Gasteiger partial charge in [0.15, 0.2) is 0 Å². The normalized spacial score (nSPS) is 10.5. The fourth-order valence-corrected chi connectivity index (χ4v) is 2.37. The molecule has 0 fully saturated rings. The molecular weight excluding hydrogens is 292 g/mol. The summed E-state index contributed by atoms with van der Waals surface area (Å²) in [5.74, 6) is 1.01. The van der Waals surface area contributed by atoms with E-state index in [1.807, 2.05) is 37.4 Å². The van der Waals surface area contributed by atoms with Crippen LogP contribution in [-0.2, 0) is 19.7 Å². The second-order valence-corrected chi connectivity index (χ2v) is 5.41. The number of amides is 2. The third kappa shape index (κ3) is 5.41. The molecule has 1 heterocycles. The smallest absolute Gasteiger partial charge is 0.315 e. The average Bonchev–Trinajstić information content (AvgIpc) is 2.98. The monoisotopic (exact) mass is 316 g/mol. The number of aliphatic hydroxyl groups is 1. The van der Waals surface area contributed by atoms with Crippen LogP contribution < -0.4 is 10.6 Å². The number of rotatable bonds is 8. The maximum absolute atomic E-state index is 11.8. The SMILES string of the molecule is Cc1nccn1CCCCNC(=O)NCc1ccccc1CO. The van der Waals surface area contributed by atoms with Crippen LogP contribution in [0, 0.1) is 6.92 Å². The van der Waals surface area contributed by atoms with E-state index >= 15 is 0 Å². The lowest BCUT2D eigenvalue weighted by Gasteiger charge is -2.10. The number of hydrogen-bond acceptors (Lipinski definition) is 3. The lowest BCUT2D eigenvalue weighted by molar-refractivity contribution is 0.240. The van der Waals surface area contributed by atoms with Crippen molar-refractivity contribution < 1.29 is 9.90 Å². The zero-order valence-electron chi connectivity index (χ0n) is 13.5. The maximum atomic E-state index is 11.8. The van der Waals surface area contributed by atoms with E-state index in [1.165, 1.54) is 0 Å². The molecule has 6 heteroatoms. The Kier molecular flexibility index (Phi) is 6.62. The molecular formula is C17H24N4O2. The Morgan fingerprint density at radius 2 is 2.00 bits per heavy atom. The minimum absolute atomic E-state index is 0.0207. The van der Waals surface area contributed by atoms with Crippen LogP contribution in [-0.4, -0.2) is 27.2 Å². The maximum Gasteiger partial charge on any atom is 0.315 e. The van der Waals surface area contributed by atoms with Gasteiger partial charge in [-0.3, -0.25) is 0 Å². The van der Waals surface area contributed by atoms with E-state index in [4.69, 9.17) is 0 Å². The lowest BCUT2D eigenvalue weighted by Crippen LogP contribution is -2.35. The van der Waals surface area contributed by atoms with Crippen LogP contribution in [0.3, 0.4) is 0 Å². The molecule has 0 aliphatic heterocycles. The number of hydrogen-bond donors (Lipinski definition) is 3. The van der Waals surface area contributed by atoms with Crippen molar-refractivity contribution in [3.63, 3.8) is 0 Å². The first kappa shape index (κ1) is 17.0. The van der Waals surface area contributed by atoms with E-state index in [1.54, 1.807) is 6.20 Å². The Bertz CT molecular complexity index is 625. The number of carbonyl (C=O) groups is 1. The van der Waals surface area contributed by atoms with Crippen LogP contribution in [0.25, 0.3) is 0 Å². The molecule has 2 amide bonds. The summed E-state index contributed by atoms with van der Waals surface area (Å²) in [6, 6.07) is 7.34. The predicted molar refractivity (Wildman–Crippen MR) is 88.8 cm³/mol. The Hall–Kier alpha value is -2.34. The number of nitrogens with zero attached hydrogens (tertiary/aromatic N) is 2. The number of benzene rings is 1. The van der Waals surface area contributed by atoms with Gasteiger partial charge in [-0.1, -0.05) is 24.3 Å². The second kappa shape index (κ2) is 8.95. The molecule has 6 nitrogen and oxygen atoms in total. The van der Waals surface area contributed by atoms with Crippen LogP contribution in [0.5, 0.6) is 0 Å². The quantitative estimate of drug-likeness (QED) is 0.651. The highest BCUT2D eigenvalue weighted by Gasteiger charge is 2.03. The summed E-state index contributed by atoms with van der Waals surface area (Å²) in [5.41, 5.74) is 1.77. The van der Waals surface area contributed by atoms with Crippen molar-refractivity contribution in [2.24, 2.45) is 0 Å². The fraction of sp³-hybridized carbons (Fsp3) is 0.412. The predicted octanol–water partition coefficient (Wildman–Crippen LogP) is 1.96. The average molecular weight is 316 g/mol. The molecule has 124 valence electrons. The molecule has 0 aliphatic rings. The third-order valence-electron chi connectivity index (χ3n) is 3.76. The van der Waals surface area contributed by atoms with Crippen LogP contribution in [0.1, 0.15) is 29.8 Å². The van der Waals surface area contributed by atoms with Crippen molar-refractivity contribution in [1.82, 2.24) is 20.2 Å². The summed E-state index contributed by atoms with van der Waals surface area (Å²) in [6.45, 7) is 3.93. The number of aliphatic hydroxyl groups excluding tert-OH is 1. The van der Waals surface area contributed by atoms with E-state index in [0.717, 1.165) is 36.3 Å². The minimum Gasteiger partial charge on any atom is -0.392 e. The summed E-state index contributed by atoms with van der Waals surface area (Å²) in [5, 5.41) is 14.9. The van der Waals surface area contributed by atoms with E-state index in [-0.39, 0.29) is 12.6 Å². The van der Waals surface area contributed by atoms with Gasteiger partial charge in [-0.05, 0) is 30.9 Å². The number of aromatic nitrogens is 2. The summed E-state index contributed by atoms with van der Waals surface area (Å²) >= 11 is 0. The highest BCUT2D eigenvalue weighted by atomic mass is 16.3. The number of nitrogens with one attached hydrogen (secondary N) is 2. The number of urea groups is 1. The molecule has 0 bridgehead atoms. The van der Waals surface area contributed by atoms with Gasteiger partial charge in [-0.15, -0.1) is 0 Å². The molecule has 1 aromatic heterocycles. The molecule has 2 rings (SSSR count). The Morgan fingerprint density at radius 3 is 2.70 bits per heavy atom. The number of carbonyl (C=O) groups excluding carboxylic acids is 1. The molecule has 0 radical (unpaired) electrons. The molecule has 0 unspecified atom stereocenters. The van der Waals surface area contributed by atoms with Gasteiger partial charge >= 0.3 is 6.03 Å². The highest BCUT2D eigenvalue weighted by molar-refractivity contribution is 5.73. The Balaban J connectivity index is 1.61. The first-order chi connectivity index (χ1) is 11.2. The summed E-state index contributed by atoms with van der Waals surface area (Å²) in [7, 11) is 0. The van der Waals surface area contributed by atoms with E-state index < -0.39 is 0 Å². The Labute approximate surface area is 136 Å². The van der Waals surface area contributed by atoms with Crippen LogP contribution in [0.4, 0.5) is 4.79 Å². The van der Waals surface area contributed by atoms with E-state index in [2.05, 4.69) is 20.2 Å². The molecule has 23 heavy (non-hydrogen) atoms. The van der Waals surface area contributed by atoms with Gasteiger partial charge in [0, 0.05) is 32.0 Å². The van der Waals surface area contributed by atoms with Crippen LogP contribution in [0.2, 0.25) is 0 Å². The largest absolute Gasteiger partial charge is 0.392 e. The summed E-state index contributed by atoms with van der Waals surface area (Å²) in [6.07, 6.45) is 5.67. The molecule has 0 spiro atoms. The van der Waals surface area contributed by atoms with E-state index in [9.17, 15) is 9.90 Å². The standard InChI is InChI=1S/C17H24N4O2/c1-14-18-9-11-21(14)10-5-4-8-19-17(23)20-12-15-6-2-3-7-16(15)13-22/h2-3,6-7,9,11,22H,4-5,8,10,12-13H2,1H3,(H2,19,20,23). The number of aryl methyl sites for hydroxylation is 2. The molecule has 0 saturated heterocycles. The first-order valence-corrected chi connectivity index (χ1v) is 7.88. The number of imidazole rings is 1. The van der Waals surface area contributed by atoms with Gasteiger partial charge in [0.2, 0.25) is 0 Å². The summed E-state index contributed by atoms with van der Waals surface area (Å²) < 4.78 is 2.10. The van der Waals surface area contributed by atoms with Gasteiger partial charge < -0.3 is 20.3 Å². The van der Waals surface area contributed by atoms with E-state index in [0.29, 0.717) is 13.1 Å². The molecule has 3 N–H and O–H groups in total. The second-order valence-electron chi connectivity index (χ2n) is 5.41. The van der Waals surface area contributed by atoms with Crippen LogP contribution in [0.15, 0.2) is 36.7 Å². The molecule has 0 saturated carbocycles. The first-order valence-electron chi connectivity index (χ1n) is 7.88. The van der Waals surface area contributed by atoms with Crippen molar-refractivity contribution >= 4 is 6.03 Å². The van der Waals surface area contributed by atoms with Gasteiger partial charge in [0.1, 0.15) is 5.82 Å². The third-order valence-corrected chi connectivity index (χ3v) is 3.76. The van der Waals surface area contributed by atoms with Gasteiger partial charge in [-0.25, -0.2) is 9.78 Å². The van der Waals surface area contributed by atoms with Crippen molar-refractivity contribution in [3.05, 3.63) is 53.6 Å². The van der Waals surface area contributed by atoms with Crippen molar-refractivity contribution in [1.29, 1.82) is 0 Å². The van der Waals surface area contributed by atoms with Crippen molar-refractivity contribution in [2.75, 3.05) is 6.54 Å². The van der Waals surface area contributed by atoms with Crippen molar-refractivity contribution in [2.45, 2.75) is 39.5 Å². The molecule has 0 atom stereocenters. The van der Waals surface area contributed by atoms with Gasteiger partial charge in [0.25, 0.3) is 0 Å². The van der Waals surface area contributed by atoms with Gasteiger partial charge in [0.05, 0.1) is 6.61 Å². The summed E-state index contributed by atoms with van der Waals surface area (Å²) in [4.78, 5) is 15.9. The van der Waals surface area contributed by atoms with Crippen molar-refractivity contribution in [3.8, 4) is 0 Å².